The van der Waals surface area contributed by atoms with Crippen LogP contribution in [0.5, 0.6) is 0 Å². The lowest BCUT2D eigenvalue weighted by molar-refractivity contribution is 0.0705. The van der Waals surface area contributed by atoms with Gasteiger partial charge in [0.25, 0.3) is 5.91 Å². The lowest BCUT2D eigenvalue weighted by Gasteiger charge is -2.31. The first-order valence-electron chi connectivity index (χ1n) is 8.84. The lowest BCUT2D eigenvalue weighted by Crippen LogP contribution is -2.38. The summed E-state index contributed by atoms with van der Waals surface area (Å²) in [6.45, 7) is 1.34. The van der Waals surface area contributed by atoms with Gasteiger partial charge < -0.3 is 4.90 Å². The summed E-state index contributed by atoms with van der Waals surface area (Å²) in [5.74, 6) is 0.211. The van der Waals surface area contributed by atoms with Crippen LogP contribution >= 0.6 is 11.6 Å². The normalized spacial score (nSPS) is 14.9. The maximum Gasteiger partial charge on any atom is 0.274 e. The molecule has 27 heavy (non-hydrogen) atoms. The van der Waals surface area contributed by atoms with E-state index in [1.807, 2.05) is 35.4 Å². The second-order valence-electron chi connectivity index (χ2n) is 6.50. The Morgan fingerprint density at radius 1 is 1.07 bits per heavy atom. The topological polar surface area (TPSA) is 71.9 Å². The second-order valence-corrected chi connectivity index (χ2v) is 6.93. The number of carbonyl (C=O) groups excluding carboxylic acids is 1. The first-order valence-corrected chi connectivity index (χ1v) is 9.21. The third-order valence-electron chi connectivity index (χ3n) is 4.76. The number of aromatic nitrogens is 4. The van der Waals surface area contributed by atoms with E-state index in [1.54, 1.807) is 12.4 Å². The van der Waals surface area contributed by atoms with Crippen molar-refractivity contribution in [3.63, 3.8) is 0 Å². The van der Waals surface area contributed by atoms with E-state index in [2.05, 4.69) is 15.0 Å². The van der Waals surface area contributed by atoms with E-state index in [1.165, 1.54) is 12.4 Å². The van der Waals surface area contributed by atoms with Gasteiger partial charge >= 0.3 is 0 Å². The standard InChI is InChI=1S/C20H18ClN5O/c21-16-3-1-2-15(10-16)18-12-23-11-17(25-18)14-4-8-26(9-5-14)20(27)19-13-22-6-7-24-19/h1-3,6-7,10-14H,4-5,8-9H2. The van der Waals surface area contributed by atoms with Gasteiger partial charge in [0.1, 0.15) is 5.69 Å². The van der Waals surface area contributed by atoms with E-state index >= 15 is 0 Å². The van der Waals surface area contributed by atoms with Crippen molar-refractivity contribution < 1.29 is 4.79 Å². The molecular formula is C20H18ClN5O. The number of hydrogen-bond donors (Lipinski definition) is 0. The van der Waals surface area contributed by atoms with Gasteiger partial charge in [-0.15, -0.1) is 0 Å². The molecule has 3 heterocycles. The van der Waals surface area contributed by atoms with Gasteiger partial charge in [-0.05, 0) is 25.0 Å². The molecule has 0 spiro atoms. The molecule has 0 atom stereocenters. The monoisotopic (exact) mass is 379 g/mol. The number of carbonyl (C=O) groups is 1. The van der Waals surface area contributed by atoms with E-state index in [-0.39, 0.29) is 11.8 Å². The summed E-state index contributed by atoms with van der Waals surface area (Å²) >= 11 is 6.08. The van der Waals surface area contributed by atoms with Crippen molar-refractivity contribution in [2.24, 2.45) is 0 Å². The molecule has 1 saturated heterocycles. The summed E-state index contributed by atoms with van der Waals surface area (Å²) in [5.41, 5.74) is 3.11. The Bertz CT molecular complexity index is 942. The van der Waals surface area contributed by atoms with Crippen molar-refractivity contribution in [1.29, 1.82) is 0 Å². The summed E-state index contributed by atoms with van der Waals surface area (Å²) in [6.07, 6.45) is 9.87. The highest BCUT2D eigenvalue weighted by Gasteiger charge is 2.26. The third kappa shape index (κ3) is 3.95. The molecule has 7 heteroatoms. The van der Waals surface area contributed by atoms with E-state index in [0.717, 1.165) is 29.8 Å². The summed E-state index contributed by atoms with van der Waals surface area (Å²) in [6, 6.07) is 7.61. The summed E-state index contributed by atoms with van der Waals surface area (Å²) in [7, 11) is 0. The zero-order valence-electron chi connectivity index (χ0n) is 14.6. The molecule has 0 N–H and O–H groups in total. The van der Waals surface area contributed by atoms with Gasteiger partial charge in [0, 0.05) is 48.2 Å². The van der Waals surface area contributed by atoms with Crippen LogP contribution in [-0.4, -0.2) is 43.8 Å². The van der Waals surface area contributed by atoms with Crippen molar-refractivity contribution in [2.75, 3.05) is 13.1 Å². The van der Waals surface area contributed by atoms with Gasteiger partial charge in [0.05, 0.1) is 23.8 Å². The maximum absolute atomic E-state index is 12.5. The van der Waals surface area contributed by atoms with Gasteiger partial charge in [-0.3, -0.25) is 14.8 Å². The number of rotatable bonds is 3. The van der Waals surface area contributed by atoms with Gasteiger partial charge in [-0.25, -0.2) is 9.97 Å². The predicted molar refractivity (Wildman–Crippen MR) is 102 cm³/mol. The van der Waals surface area contributed by atoms with Crippen LogP contribution in [0.2, 0.25) is 5.02 Å². The fourth-order valence-electron chi connectivity index (χ4n) is 3.31. The lowest BCUT2D eigenvalue weighted by atomic mass is 9.93. The van der Waals surface area contributed by atoms with Crippen molar-refractivity contribution >= 4 is 17.5 Å². The molecule has 1 amide bonds. The second kappa shape index (κ2) is 7.80. The Balaban J connectivity index is 1.46. The highest BCUT2D eigenvalue weighted by atomic mass is 35.5. The molecule has 1 fully saturated rings. The van der Waals surface area contributed by atoms with Crippen LogP contribution in [0.3, 0.4) is 0 Å². The Kier molecular flexibility index (Phi) is 5.07. The highest BCUT2D eigenvalue weighted by Crippen LogP contribution is 2.29. The molecule has 1 aromatic carbocycles. The van der Waals surface area contributed by atoms with Crippen molar-refractivity contribution in [3.05, 3.63) is 71.7 Å². The first-order chi connectivity index (χ1) is 13.2. The van der Waals surface area contributed by atoms with E-state index in [0.29, 0.717) is 23.8 Å². The number of piperidine rings is 1. The molecule has 0 aliphatic carbocycles. The molecule has 4 rings (SSSR count). The zero-order valence-corrected chi connectivity index (χ0v) is 15.4. The molecule has 1 aliphatic heterocycles. The summed E-state index contributed by atoms with van der Waals surface area (Å²) < 4.78 is 0. The average molecular weight is 380 g/mol. The number of benzene rings is 1. The number of amides is 1. The average Bonchev–Trinajstić information content (AvgIpc) is 2.74. The van der Waals surface area contributed by atoms with Crippen LogP contribution in [0, 0.1) is 0 Å². The largest absolute Gasteiger partial charge is 0.337 e. The quantitative estimate of drug-likeness (QED) is 0.695. The van der Waals surface area contributed by atoms with Crippen molar-refractivity contribution in [1.82, 2.24) is 24.8 Å². The smallest absolute Gasteiger partial charge is 0.274 e. The van der Waals surface area contributed by atoms with Gasteiger partial charge in [-0.1, -0.05) is 23.7 Å². The maximum atomic E-state index is 12.5. The molecule has 0 radical (unpaired) electrons. The minimum atomic E-state index is -0.0692. The van der Waals surface area contributed by atoms with Gasteiger partial charge in [-0.2, -0.15) is 0 Å². The molecule has 2 aromatic heterocycles. The molecule has 3 aromatic rings. The fourth-order valence-corrected chi connectivity index (χ4v) is 3.50. The molecule has 136 valence electrons. The molecule has 1 aliphatic rings. The third-order valence-corrected chi connectivity index (χ3v) is 4.99. The summed E-state index contributed by atoms with van der Waals surface area (Å²) in [4.78, 5) is 31.5. The highest BCUT2D eigenvalue weighted by molar-refractivity contribution is 6.30. The van der Waals surface area contributed by atoms with Crippen molar-refractivity contribution in [2.45, 2.75) is 18.8 Å². The van der Waals surface area contributed by atoms with Crippen LogP contribution in [0.1, 0.15) is 34.9 Å². The first kappa shape index (κ1) is 17.5. The van der Waals surface area contributed by atoms with E-state index in [4.69, 9.17) is 16.6 Å². The van der Waals surface area contributed by atoms with Gasteiger partial charge in [0.15, 0.2) is 0 Å². The van der Waals surface area contributed by atoms with E-state index < -0.39 is 0 Å². The molecule has 0 bridgehead atoms. The van der Waals surface area contributed by atoms with Crippen LogP contribution in [0.15, 0.2) is 55.2 Å². The minimum absolute atomic E-state index is 0.0692. The predicted octanol–water partition coefficient (Wildman–Crippen LogP) is 3.61. The van der Waals surface area contributed by atoms with Crippen LogP contribution in [0.25, 0.3) is 11.3 Å². The fraction of sp³-hybridized carbons (Fsp3) is 0.250. The number of nitrogens with zero attached hydrogens (tertiary/aromatic N) is 5. The van der Waals surface area contributed by atoms with E-state index in [9.17, 15) is 4.79 Å². The van der Waals surface area contributed by atoms with Crippen LogP contribution in [-0.2, 0) is 0 Å². The van der Waals surface area contributed by atoms with Crippen LogP contribution < -0.4 is 0 Å². The number of hydrogen-bond acceptors (Lipinski definition) is 5. The molecular weight excluding hydrogens is 362 g/mol. The number of likely N-dealkylation sites (tertiary alicyclic amines) is 1. The minimum Gasteiger partial charge on any atom is -0.337 e. The molecule has 0 unspecified atom stereocenters. The Hall–Kier alpha value is -2.86. The summed E-state index contributed by atoms with van der Waals surface area (Å²) in [5, 5.41) is 0.676. The Morgan fingerprint density at radius 2 is 1.93 bits per heavy atom. The Labute approximate surface area is 162 Å². The van der Waals surface area contributed by atoms with Gasteiger partial charge in [0.2, 0.25) is 0 Å². The number of halogens is 1. The van der Waals surface area contributed by atoms with Crippen LogP contribution in [0.4, 0.5) is 0 Å². The SMILES string of the molecule is O=C(c1cnccn1)N1CCC(c2cncc(-c3cccc(Cl)c3)n2)CC1. The molecule has 0 saturated carbocycles. The Morgan fingerprint density at radius 3 is 2.67 bits per heavy atom. The van der Waals surface area contributed by atoms with Crippen molar-refractivity contribution in [3.8, 4) is 11.3 Å². The molecule has 6 nitrogen and oxygen atoms in total. The zero-order chi connectivity index (χ0) is 18.6.